The SMILES string of the molecule is CN(C(=O)c1ccc(N[C@H]2CCN(C(=O)OC(C)(C)C)C2)c2cccnc12)c1ccccc1. The van der Waals surface area contributed by atoms with Gasteiger partial charge in [0.05, 0.1) is 11.1 Å². The maximum absolute atomic E-state index is 13.3. The molecule has 1 fully saturated rings. The van der Waals surface area contributed by atoms with Gasteiger partial charge >= 0.3 is 6.09 Å². The molecule has 33 heavy (non-hydrogen) atoms. The number of aromatic nitrogens is 1. The standard InChI is InChI=1S/C26H30N4O3/c1-26(2,3)33-25(32)30-16-14-18(17-30)28-22-13-12-21(23-20(22)11-8-15-27-23)24(31)29(4)19-9-6-5-7-10-19/h5-13,15,18,28H,14,16-17H2,1-4H3/t18-/m0/s1. The molecule has 0 bridgehead atoms. The summed E-state index contributed by atoms with van der Waals surface area (Å²) in [5.41, 5.74) is 2.40. The number of ether oxygens (including phenoxy) is 1. The Morgan fingerprint density at radius 1 is 1.09 bits per heavy atom. The minimum Gasteiger partial charge on any atom is -0.444 e. The van der Waals surface area contributed by atoms with Crippen molar-refractivity contribution in [1.82, 2.24) is 9.88 Å². The number of nitrogens with one attached hydrogen (secondary N) is 1. The fraction of sp³-hybridized carbons (Fsp3) is 0.346. The Bertz CT molecular complexity index is 1160. The number of hydrogen-bond acceptors (Lipinski definition) is 5. The molecule has 7 nitrogen and oxygen atoms in total. The minimum atomic E-state index is -0.514. The van der Waals surface area contributed by atoms with Crippen molar-refractivity contribution < 1.29 is 14.3 Å². The van der Waals surface area contributed by atoms with E-state index < -0.39 is 5.60 Å². The Morgan fingerprint density at radius 2 is 1.85 bits per heavy atom. The van der Waals surface area contributed by atoms with Crippen LogP contribution in [0.2, 0.25) is 0 Å². The third-order valence-electron chi connectivity index (χ3n) is 5.65. The van der Waals surface area contributed by atoms with Gasteiger partial charge in [0, 0.05) is 49.1 Å². The van der Waals surface area contributed by atoms with Crippen LogP contribution >= 0.6 is 0 Å². The van der Waals surface area contributed by atoms with Gasteiger partial charge < -0.3 is 19.9 Å². The third-order valence-corrected chi connectivity index (χ3v) is 5.65. The predicted octanol–water partition coefficient (Wildman–Crippen LogP) is 4.93. The van der Waals surface area contributed by atoms with Crippen LogP contribution in [-0.2, 0) is 4.74 Å². The summed E-state index contributed by atoms with van der Waals surface area (Å²) in [6, 6.07) is 17.2. The first-order valence-electron chi connectivity index (χ1n) is 11.2. The van der Waals surface area contributed by atoms with E-state index in [4.69, 9.17) is 4.74 Å². The Hall–Kier alpha value is -3.61. The van der Waals surface area contributed by atoms with Crippen molar-refractivity contribution in [2.24, 2.45) is 0 Å². The molecule has 3 aromatic rings. The summed E-state index contributed by atoms with van der Waals surface area (Å²) in [5, 5.41) is 4.42. The quantitative estimate of drug-likeness (QED) is 0.615. The molecule has 1 saturated heterocycles. The first kappa shape index (κ1) is 22.6. The molecule has 7 heteroatoms. The first-order valence-corrected chi connectivity index (χ1v) is 11.2. The molecule has 1 aliphatic rings. The highest BCUT2D eigenvalue weighted by Crippen LogP contribution is 2.29. The van der Waals surface area contributed by atoms with Crippen molar-refractivity contribution in [1.29, 1.82) is 0 Å². The fourth-order valence-corrected chi connectivity index (χ4v) is 4.01. The zero-order chi connectivity index (χ0) is 23.6. The summed E-state index contributed by atoms with van der Waals surface area (Å²) in [6.07, 6.45) is 2.23. The largest absolute Gasteiger partial charge is 0.444 e. The van der Waals surface area contributed by atoms with E-state index in [1.165, 1.54) is 0 Å². The van der Waals surface area contributed by atoms with Gasteiger partial charge in [0.25, 0.3) is 5.91 Å². The summed E-state index contributed by atoms with van der Waals surface area (Å²) < 4.78 is 5.50. The fourth-order valence-electron chi connectivity index (χ4n) is 4.01. The maximum Gasteiger partial charge on any atom is 0.410 e. The number of anilines is 2. The number of rotatable bonds is 4. The highest BCUT2D eigenvalue weighted by Gasteiger charge is 2.30. The van der Waals surface area contributed by atoms with Gasteiger partial charge in [0.15, 0.2) is 0 Å². The molecule has 0 radical (unpaired) electrons. The zero-order valence-corrected chi connectivity index (χ0v) is 19.5. The van der Waals surface area contributed by atoms with E-state index in [2.05, 4.69) is 10.3 Å². The van der Waals surface area contributed by atoms with Crippen LogP contribution in [0.15, 0.2) is 60.8 Å². The summed E-state index contributed by atoms with van der Waals surface area (Å²) in [4.78, 5) is 33.5. The van der Waals surface area contributed by atoms with E-state index in [0.29, 0.717) is 24.2 Å². The summed E-state index contributed by atoms with van der Waals surface area (Å²) in [6.45, 7) is 6.81. The summed E-state index contributed by atoms with van der Waals surface area (Å²) >= 11 is 0. The number of hydrogen-bond donors (Lipinski definition) is 1. The van der Waals surface area contributed by atoms with E-state index >= 15 is 0 Å². The van der Waals surface area contributed by atoms with Gasteiger partial charge in [-0.25, -0.2) is 4.79 Å². The van der Waals surface area contributed by atoms with Gasteiger partial charge in [-0.3, -0.25) is 9.78 Å². The molecule has 0 unspecified atom stereocenters. The molecule has 0 aliphatic carbocycles. The zero-order valence-electron chi connectivity index (χ0n) is 19.5. The normalized spacial score (nSPS) is 16.0. The third kappa shape index (κ3) is 5.08. The van der Waals surface area contributed by atoms with Crippen molar-refractivity contribution in [3.63, 3.8) is 0 Å². The number of pyridine rings is 1. The Balaban J connectivity index is 1.54. The lowest BCUT2D eigenvalue weighted by molar-refractivity contribution is 0.0293. The van der Waals surface area contributed by atoms with Crippen molar-refractivity contribution >= 4 is 34.3 Å². The molecule has 1 aromatic heterocycles. The van der Waals surface area contributed by atoms with Gasteiger partial charge in [0.2, 0.25) is 0 Å². The number of likely N-dealkylation sites (tertiary alicyclic amines) is 1. The number of benzene rings is 2. The van der Waals surface area contributed by atoms with E-state index in [1.54, 1.807) is 23.0 Å². The summed E-state index contributed by atoms with van der Waals surface area (Å²) in [7, 11) is 1.77. The Morgan fingerprint density at radius 3 is 2.58 bits per heavy atom. The molecule has 2 heterocycles. The van der Waals surface area contributed by atoms with Gasteiger partial charge in [-0.1, -0.05) is 18.2 Å². The lowest BCUT2D eigenvalue weighted by Gasteiger charge is -2.24. The number of carbonyl (C=O) groups is 2. The van der Waals surface area contributed by atoms with Crippen molar-refractivity contribution in [2.75, 3.05) is 30.4 Å². The molecule has 1 N–H and O–H groups in total. The second kappa shape index (κ2) is 9.10. The lowest BCUT2D eigenvalue weighted by atomic mass is 10.1. The molecule has 0 spiro atoms. The van der Waals surface area contributed by atoms with Crippen LogP contribution in [0, 0.1) is 0 Å². The van der Waals surface area contributed by atoms with Crippen molar-refractivity contribution in [3.05, 3.63) is 66.4 Å². The van der Waals surface area contributed by atoms with E-state index in [9.17, 15) is 9.59 Å². The topological polar surface area (TPSA) is 74.8 Å². The van der Waals surface area contributed by atoms with E-state index in [0.717, 1.165) is 23.2 Å². The first-order chi connectivity index (χ1) is 15.7. The van der Waals surface area contributed by atoms with Crippen LogP contribution < -0.4 is 10.2 Å². The average Bonchev–Trinajstić information content (AvgIpc) is 3.27. The average molecular weight is 447 g/mol. The van der Waals surface area contributed by atoms with Gasteiger partial charge in [-0.15, -0.1) is 0 Å². The molecule has 1 atom stereocenters. The Labute approximate surface area is 194 Å². The van der Waals surface area contributed by atoms with Crippen LogP contribution in [0.25, 0.3) is 10.9 Å². The van der Waals surface area contributed by atoms with E-state index in [-0.39, 0.29) is 18.0 Å². The molecular formula is C26H30N4O3. The van der Waals surface area contributed by atoms with Gasteiger partial charge in [-0.05, 0) is 63.6 Å². The molecule has 172 valence electrons. The van der Waals surface area contributed by atoms with Gasteiger partial charge in [0.1, 0.15) is 5.60 Å². The minimum absolute atomic E-state index is 0.0921. The molecule has 2 aromatic carbocycles. The smallest absolute Gasteiger partial charge is 0.410 e. The Kier molecular flexibility index (Phi) is 6.22. The molecule has 4 rings (SSSR count). The molecule has 1 aliphatic heterocycles. The molecule has 0 saturated carbocycles. The highest BCUT2D eigenvalue weighted by molar-refractivity contribution is 6.14. The number of carbonyl (C=O) groups excluding carboxylic acids is 2. The highest BCUT2D eigenvalue weighted by atomic mass is 16.6. The van der Waals surface area contributed by atoms with Gasteiger partial charge in [-0.2, -0.15) is 0 Å². The monoisotopic (exact) mass is 446 g/mol. The number of nitrogens with zero attached hydrogens (tertiary/aromatic N) is 3. The van der Waals surface area contributed by atoms with Crippen LogP contribution in [0.4, 0.5) is 16.2 Å². The van der Waals surface area contributed by atoms with Crippen LogP contribution in [-0.4, -0.2) is 53.7 Å². The van der Waals surface area contributed by atoms with E-state index in [1.807, 2.05) is 75.4 Å². The maximum atomic E-state index is 13.3. The lowest BCUT2D eigenvalue weighted by Crippen LogP contribution is -2.36. The van der Waals surface area contributed by atoms with Crippen molar-refractivity contribution in [3.8, 4) is 0 Å². The van der Waals surface area contributed by atoms with Crippen LogP contribution in [0.1, 0.15) is 37.6 Å². The number of amides is 2. The number of fused-ring (bicyclic) bond motifs is 1. The van der Waals surface area contributed by atoms with Crippen molar-refractivity contribution in [2.45, 2.75) is 38.8 Å². The predicted molar refractivity (Wildman–Crippen MR) is 131 cm³/mol. The second-order valence-electron chi connectivity index (χ2n) is 9.32. The summed E-state index contributed by atoms with van der Waals surface area (Å²) in [5.74, 6) is -0.117. The number of para-hydroxylation sites is 1. The molecular weight excluding hydrogens is 416 g/mol. The van der Waals surface area contributed by atoms with Crippen LogP contribution in [0.5, 0.6) is 0 Å². The second-order valence-corrected chi connectivity index (χ2v) is 9.32. The molecule has 2 amide bonds. The van der Waals surface area contributed by atoms with Crippen LogP contribution in [0.3, 0.4) is 0 Å².